The van der Waals surface area contributed by atoms with Gasteiger partial charge in [0.25, 0.3) is 0 Å². The molecule has 0 bridgehead atoms. The van der Waals surface area contributed by atoms with Gasteiger partial charge in [0.1, 0.15) is 11.5 Å². The summed E-state index contributed by atoms with van der Waals surface area (Å²) in [6.07, 6.45) is 1.64. The number of halogens is 1. The lowest BCUT2D eigenvalue weighted by molar-refractivity contribution is -0.115. The number of carbonyl (C=O) groups is 1. The van der Waals surface area contributed by atoms with E-state index in [-0.39, 0.29) is 12.3 Å². The van der Waals surface area contributed by atoms with Gasteiger partial charge in [-0.3, -0.25) is 9.78 Å². The Morgan fingerprint density at radius 2 is 1.78 bits per heavy atom. The molecule has 32 heavy (non-hydrogen) atoms. The molecule has 0 aliphatic heterocycles. The average molecular weight is 424 g/mol. The van der Waals surface area contributed by atoms with Crippen molar-refractivity contribution in [2.75, 3.05) is 5.32 Å². The fourth-order valence-electron chi connectivity index (χ4n) is 3.37. The molecule has 1 N–H and O–H groups in total. The molecule has 0 aliphatic rings. The van der Waals surface area contributed by atoms with Gasteiger partial charge in [0.15, 0.2) is 5.65 Å². The SMILES string of the molecule is O=C(Cc1ccccc1F)Nc1cccc(-c2ccc3nnc(-c4ccccn4)n3n2)c1. The fourth-order valence-corrected chi connectivity index (χ4v) is 3.37. The molecule has 156 valence electrons. The smallest absolute Gasteiger partial charge is 0.228 e. The number of anilines is 1. The summed E-state index contributed by atoms with van der Waals surface area (Å²) in [7, 11) is 0. The summed E-state index contributed by atoms with van der Waals surface area (Å²) >= 11 is 0. The summed E-state index contributed by atoms with van der Waals surface area (Å²) in [6, 6.07) is 22.8. The number of hydrogen-bond acceptors (Lipinski definition) is 5. The van der Waals surface area contributed by atoms with Gasteiger partial charge in [-0.15, -0.1) is 10.2 Å². The number of rotatable bonds is 5. The van der Waals surface area contributed by atoms with Crippen LogP contribution in [0.1, 0.15) is 5.56 Å². The van der Waals surface area contributed by atoms with E-state index in [4.69, 9.17) is 0 Å². The first-order valence-electron chi connectivity index (χ1n) is 9.95. The van der Waals surface area contributed by atoms with E-state index in [1.807, 2.05) is 48.5 Å². The van der Waals surface area contributed by atoms with Gasteiger partial charge in [0, 0.05) is 17.4 Å². The minimum atomic E-state index is -0.397. The first-order chi connectivity index (χ1) is 15.7. The molecular weight excluding hydrogens is 407 g/mol. The van der Waals surface area contributed by atoms with E-state index in [0.29, 0.717) is 34.1 Å². The number of nitrogens with zero attached hydrogens (tertiary/aromatic N) is 5. The molecule has 5 aromatic rings. The Morgan fingerprint density at radius 3 is 2.62 bits per heavy atom. The molecule has 0 aliphatic carbocycles. The number of fused-ring (bicyclic) bond motifs is 1. The molecule has 0 saturated carbocycles. The first-order valence-corrected chi connectivity index (χ1v) is 9.95. The summed E-state index contributed by atoms with van der Waals surface area (Å²) in [5.41, 5.74) is 3.70. The van der Waals surface area contributed by atoms with E-state index in [1.54, 1.807) is 35.0 Å². The summed E-state index contributed by atoms with van der Waals surface area (Å²) in [4.78, 5) is 16.7. The van der Waals surface area contributed by atoms with Crippen LogP contribution in [0.4, 0.5) is 10.1 Å². The van der Waals surface area contributed by atoms with Gasteiger partial charge in [0.05, 0.1) is 12.1 Å². The molecule has 0 atom stereocenters. The molecule has 3 aromatic heterocycles. The van der Waals surface area contributed by atoms with Crippen molar-refractivity contribution in [3.63, 3.8) is 0 Å². The van der Waals surface area contributed by atoms with Crippen LogP contribution in [0.15, 0.2) is 85.1 Å². The molecule has 3 heterocycles. The number of aromatic nitrogens is 5. The second-order valence-electron chi connectivity index (χ2n) is 7.12. The van der Waals surface area contributed by atoms with E-state index < -0.39 is 5.82 Å². The normalized spacial score (nSPS) is 10.9. The van der Waals surface area contributed by atoms with Gasteiger partial charge < -0.3 is 5.32 Å². The Labute approximate surface area is 182 Å². The number of amides is 1. The highest BCUT2D eigenvalue weighted by Crippen LogP contribution is 2.23. The van der Waals surface area contributed by atoms with Crippen molar-refractivity contribution in [3.05, 3.63) is 96.4 Å². The van der Waals surface area contributed by atoms with E-state index in [0.717, 1.165) is 5.56 Å². The predicted octanol–water partition coefficient (Wildman–Crippen LogP) is 4.17. The van der Waals surface area contributed by atoms with Crippen LogP contribution in [0.5, 0.6) is 0 Å². The van der Waals surface area contributed by atoms with Crippen molar-refractivity contribution in [1.29, 1.82) is 0 Å². The number of hydrogen-bond donors (Lipinski definition) is 1. The molecule has 0 spiro atoms. The Kier molecular flexibility index (Phi) is 5.09. The topological polar surface area (TPSA) is 85.1 Å². The fraction of sp³-hybridized carbons (Fsp3) is 0.0417. The Balaban J connectivity index is 1.41. The van der Waals surface area contributed by atoms with Crippen molar-refractivity contribution in [2.45, 2.75) is 6.42 Å². The molecule has 0 unspecified atom stereocenters. The van der Waals surface area contributed by atoms with Gasteiger partial charge in [-0.25, -0.2) is 4.39 Å². The highest BCUT2D eigenvalue weighted by Gasteiger charge is 2.13. The third-order valence-corrected chi connectivity index (χ3v) is 4.91. The van der Waals surface area contributed by atoms with Crippen molar-refractivity contribution >= 4 is 17.2 Å². The van der Waals surface area contributed by atoms with Crippen LogP contribution in [-0.4, -0.2) is 30.7 Å². The molecule has 1 amide bonds. The highest BCUT2D eigenvalue weighted by molar-refractivity contribution is 5.92. The highest BCUT2D eigenvalue weighted by atomic mass is 19.1. The zero-order valence-electron chi connectivity index (χ0n) is 16.8. The summed E-state index contributed by atoms with van der Waals surface area (Å²) in [6.45, 7) is 0. The second-order valence-corrected chi connectivity index (χ2v) is 7.12. The lowest BCUT2D eigenvalue weighted by Gasteiger charge is -2.08. The van der Waals surface area contributed by atoms with Crippen LogP contribution in [0, 0.1) is 5.82 Å². The summed E-state index contributed by atoms with van der Waals surface area (Å²) in [5, 5.41) is 15.9. The van der Waals surface area contributed by atoms with Gasteiger partial charge in [-0.2, -0.15) is 9.61 Å². The van der Waals surface area contributed by atoms with Gasteiger partial charge >= 0.3 is 0 Å². The minimum Gasteiger partial charge on any atom is -0.326 e. The number of nitrogens with one attached hydrogen (secondary N) is 1. The van der Waals surface area contributed by atoms with E-state index in [9.17, 15) is 9.18 Å². The maximum Gasteiger partial charge on any atom is 0.228 e. The molecule has 5 rings (SSSR count). The van der Waals surface area contributed by atoms with Crippen LogP contribution < -0.4 is 5.32 Å². The van der Waals surface area contributed by atoms with E-state index in [2.05, 4.69) is 25.6 Å². The van der Waals surface area contributed by atoms with Crippen molar-refractivity contribution < 1.29 is 9.18 Å². The van der Waals surface area contributed by atoms with Crippen LogP contribution in [-0.2, 0) is 11.2 Å². The van der Waals surface area contributed by atoms with Gasteiger partial charge in [-0.1, -0.05) is 36.4 Å². The number of benzene rings is 2. The quantitative estimate of drug-likeness (QED) is 0.458. The van der Waals surface area contributed by atoms with E-state index >= 15 is 0 Å². The zero-order valence-corrected chi connectivity index (χ0v) is 16.8. The Morgan fingerprint density at radius 1 is 0.906 bits per heavy atom. The van der Waals surface area contributed by atoms with Crippen molar-refractivity contribution in [3.8, 4) is 22.8 Å². The van der Waals surface area contributed by atoms with Crippen LogP contribution >= 0.6 is 0 Å². The van der Waals surface area contributed by atoms with Gasteiger partial charge in [-0.05, 0) is 48.0 Å². The minimum absolute atomic E-state index is 0.0464. The monoisotopic (exact) mass is 424 g/mol. The van der Waals surface area contributed by atoms with Crippen LogP contribution in [0.25, 0.3) is 28.4 Å². The van der Waals surface area contributed by atoms with Crippen molar-refractivity contribution in [2.24, 2.45) is 0 Å². The van der Waals surface area contributed by atoms with Gasteiger partial charge in [0.2, 0.25) is 11.7 Å². The Bertz CT molecular complexity index is 1420. The summed E-state index contributed by atoms with van der Waals surface area (Å²) in [5.74, 6) is -0.157. The molecule has 0 saturated heterocycles. The third-order valence-electron chi connectivity index (χ3n) is 4.91. The maximum absolute atomic E-state index is 13.8. The lowest BCUT2D eigenvalue weighted by Crippen LogP contribution is -2.15. The zero-order chi connectivity index (χ0) is 21.9. The van der Waals surface area contributed by atoms with Crippen molar-refractivity contribution in [1.82, 2.24) is 24.8 Å². The number of carbonyl (C=O) groups excluding carboxylic acids is 1. The lowest BCUT2D eigenvalue weighted by atomic mass is 10.1. The molecule has 0 radical (unpaired) electrons. The summed E-state index contributed by atoms with van der Waals surface area (Å²) < 4.78 is 15.5. The van der Waals surface area contributed by atoms with E-state index in [1.165, 1.54) is 6.07 Å². The van der Waals surface area contributed by atoms with Crippen LogP contribution in [0.3, 0.4) is 0 Å². The molecule has 2 aromatic carbocycles. The molecule has 8 heteroatoms. The maximum atomic E-state index is 13.8. The standard InChI is InChI=1S/C24H17FN6O/c25-19-9-2-1-6-16(19)15-23(32)27-18-8-5-7-17(14-18)20-11-12-22-28-29-24(31(22)30-20)21-10-3-4-13-26-21/h1-14H,15H2,(H,27,32). The largest absolute Gasteiger partial charge is 0.326 e. The second kappa shape index (κ2) is 8.35. The average Bonchev–Trinajstić information content (AvgIpc) is 3.25. The molecular formula is C24H17FN6O. The predicted molar refractivity (Wildman–Crippen MR) is 118 cm³/mol. The third kappa shape index (κ3) is 3.93. The first kappa shape index (κ1) is 19.5. The molecule has 0 fully saturated rings. The Hall–Kier alpha value is -4.46. The molecule has 7 nitrogen and oxygen atoms in total. The van der Waals surface area contributed by atoms with Crippen LogP contribution in [0.2, 0.25) is 0 Å². The number of pyridine rings is 1.